The van der Waals surface area contributed by atoms with E-state index in [9.17, 15) is 14.3 Å². The molecule has 2 fully saturated rings. The van der Waals surface area contributed by atoms with E-state index in [0.29, 0.717) is 18.2 Å². The fourth-order valence-electron chi connectivity index (χ4n) is 3.86. The number of likely N-dealkylation sites (tertiary alicyclic amines) is 2. The number of nitrogens with zero attached hydrogens (tertiary/aromatic N) is 2. The first-order chi connectivity index (χ1) is 12.0. The molecule has 2 heterocycles. The third-order valence-electron chi connectivity index (χ3n) is 5.36. The molecule has 0 aromatic heterocycles. The molecule has 2 amide bonds. The molecule has 0 radical (unpaired) electrons. The van der Waals surface area contributed by atoms with Crippen LogP contribution in [0.4, 0.5) is 9.18 Å². The van der Waals surface area contributed by atoms with Crippen molar-refractivity contribution in [2.75, 3.05) is 26.2 Å². The Morgan fingerprint density at radius 2 is 2.04 bits per heavy atom. The molecule has 5 nitrogen and oxygen atoms in total. The van der Waals surface area contributed by atoms with E-state index in [1.165, 1.54) is 6.07 Å². The van der Waals surface area contributed by atoms with Crippen LogP contribution in [-0.2, 0) is 6.54 Å². The smallest absolute Gasteiger partial charge is 0.317 e. The van der Waals surface area contributed by atoms with Gasteiger partial charge in [-0.3, -0.25) is 4.90 Å². The number of benzene rings is 1. The molecule has 138 valence electrons. The second-order valence-electron chi connectivity index (χ2n) is 7.25. The Balaban J connectivity index is 1.44. The topological polar surface area (TPSA) is 55.8 Å². The average molecular weight is 349 g/mol. The van der Waals surface area contributed by atoms with E-state index < -0.39 is 0 Å². The molecule has 3 rings (SSSR count). The molecular formula is C19H28FN3O2. The summed E-state index contributed by atoms with van der Waals surface area (Å²) in [6.07, 6.45) is 3.67. The van der Waals surface area contributed by atoms with Crippen LogP contribution in [0.15, 0.2) is 18.2 Å². The Hall–Kier alpha value is -1.66. The summed E-state index contributed by atoms with van der Waals surface area (Å²) < 4.78 is 13.3. The van der Waals surface area contributed by atoms with Crippen molar-refractivity contribution < 1.29 is 14.3 Å². The molecule has 0 unspecified atom stereocenters. The van der Waals surface area contributed by atoms with Crippen molar-refractivity contribution in [3.8, 4) is 0 Å². The summed E-state index contributed by atoms with van der Waals surface area (Å²) in [5, 5.41) is 12.8. The van der Waals surface area contributed by atoms with E-state index >= 15 is 0 Å². The molecule has 1 aromatic rings. The van der Waals surface area contributed by atoms with Crippen LogP contribution in [0.5, 0.6) is 0 Å². The molecule has 2 N–H and O–H groups in total. The average Bonchev–Trinajstić information content (AvgIpc) is 2.62. The van der Waals surface area contributed by atoms with Gasteiger partial charge in [-0.05, 0) is 56.3 Å². The Bertz CT molecular complexity index is 602. The maximum atomic E-state index is 13.3. The highest BCUT2D eigenvalue weighted by Crippen LogP contribution is 2.21. The van der Waals surface area contributed by atoms with E-state index in [4.69, 9.17) is 0 Å². The number of aliphatic hydroxyl groups is 1. The molecule has 2 saturated heterocycles. The third kappa shape index (κ3) is 4.70. The molecule has 0 saturated carbocycles. The van der Waals surface area contributed by atoms with Crippen molar-refractivity contribution in [1.82, 2.24) is 15.1 Å². The van der Waals surface area contributed by atoms with Crippen molar-refractivity contribution in [3.63, 3.8) is 0 Å². The maximum Gasteiger partial charge on any atom is 0.317 e. The van der Waals surface area contributed by atoms with Gasteiger partial charge in [0.2, 0.25) is 0 Å². The second-order valence-corrected chi connectivity index (χ2v) is 7.25. The summed E-state index contributed by atoms with van der Waals surface area (Å²) in [6.45, 7) is 5.44. The number of halogens is 1. The molecule has 0 spiro atoms. The van der Waals surface area contributed by atoms with Crippen molar-refractivity contribution in [1.29, 1.82) is 0 Å². The molecule has 2 aliphatic rings. The zero-order valence-corrected chi connectivity index (χ0v) is 14.9. The fraction of sp³-hybridized carbons (Fsp3) is 0.632. The van der Waals surface area contributed by atoms with E-state index in [2.05, 4.69) is 10.2 Å². The molecule has 0 bridgehead atoms. The van der Waals surface area contributed by atoms with Gasteiger partial charge in [0.05, 0.1) is 6.10 Å². The summed E-state index contributed by atoms with van der Waals surface area (Å²) in [5.41, 5.74) is 1.50. The number of rotatable bonds is 3. The van der Waals surface area contributed by atoms with E-state index in [-0.39, 0.29) is 18.0 Å². The van der Waals surface area contributed by atoms with Crippen LogP contribution in [0, 0.1) is 12.7 Å². The zero-order valence-electron chi connectivity index (χ0n) is 14.9. The van der Waals surface area contributed by atoms with Crippen LogP contribution in [0.25, 0.3) is 0 Å². The first kappa shape index (κ1) is 18.1. The summed E-state index contributed by atoms with van der Waals surface area (Å²) in [5.74, 6) is -0.222. The largest absolute Gasteiger partial charge is 0.392 e. The molecular weight excluding hydrogens is 321 g/mol. The lowest BCUT2D eigenvalue weighted by atomic mass is 9.99. The van der Waals surface area contributed by atoms with Crippen LogP contribution < -0.4 is 5.32 Å². The highest BCUT2D eigenvalue weighted by molar-refractivity contribution is 5.74. The second kappa shape index (κ2) is 8.15. The van der Waals surface area contributed by atoms with Crippen LogP contribution in [0.3, 0.4) is 0 Å². The molecule has 25 heavy (non-hydrogen) atoms. The van der Waals surface area contributed by atoms with Crippen molar-refractivity contribution >= 4 is 6.03 Å². The minimum absolute atomic E-state index is 0.0564. The molecule has 2 aliphatic heterocycles. The highest BCUT2D eigenvalue weighted by Gasteiger charge is 2.29. The van der Waals surface area contributed by atoms with E-state index in [1.807, 2.05) is 4.90 Å². The lowest BCUT2D eigenvalue weighted by Gasteiger charge is -2.41. The van der Waals surface area contributed by atoms with Gasteiger partial charge in [-0.1, -0.05) is 12.1 Å². The summed E-state index contributed by atoms with van der Waals surface area (Å²) in [4.78, 5) is 16.6. The Morgan fingerprint density at radius 1 is 1.28 bits per heavy atom. The lowest BCUT2D eigenvalue weighted by molar-refractivity contribution is 0.0291. The SMILES string of the molecule is Cc1cc(CNC(=O)N2CCC(N3CCC[C@H](O)C3)CC2)ccc1F. The number of aryl methyl sites for hydroxylation is 1. The minimum atomic E-state index is -0.222. The quantitative estimate of drug-likeness (QED) is 0.880. The third-order valence-corrected chi connectivity index (χ3v) is 5.36. The van der Waals surface area contributed by atoms with E-state index in [0.717, 1.165) is 57.4 Å². The van der Waals surface area contributed by atoms with Crippen molar-refractivity contribution in [3.05, 3.63) is 35.1 Å². The van der Waals surface area contributed by atoms with Gasteiger partial charge in [0.15, 0.2) is 0 Å². The predicted molar refractivity (Wildman–Crippen MR) is 94.8 cm³/mol. The lowest BCUT2D eigenvalue weighted by Crippen LogP contribution is -2.52. The molecule has 1 atom stereocenters. The van der Waals surface area contributed by atoms with Crippen LogP contribution in [0.1, 0.15) is 36.8 Å². The highest BCUT2D eigenvalue weighted by atomic mass is 19.1. The molecule has 6 heteroatoms. The number of hydrogen-bond acceptors (Lipinski definition) is 3. The predicted octanol–water partition coefficient (Wildman–Crippen LogP) is 2.26. The Morgan fingerprint density at radius 3 is 2.72 bits per heavy atom. The molecule has 0 aliphatic carbocycles. The van der Waals surface area contributed by atoms with Gasteiger partial charge in [0.1, 0.15) is 5.82 Å². The summed E-state index contributed by atoms with van der Waals surface area (Å²) >= 11 is 0. The van der Waals surface area contributed by atoms with Crippen LogP contribution in [-0.4, -0.2) is 59.3 Å². The molecule has 1 aromatic carbocycles. The Labute approximate surface area is 148 Å². The van der Waals surface area contributed by atoms with Crippen LogP contribution >= 0.6 is 0 Å². The number of hydrogen-bond donors (Lipinski definition) is 2. The van der Waals surface area contributed by atoms with Crippen molar-refractivity contribution in [2.45, 2.75) is 51.3 Å². The zero-order chi connectivity index (χ0) is 17.8. The number of β-amino-alcohol motifs (C(OH)–C–C–N with tert-alkyl or cyclic N) is 1. The first-order valence-corrected chi connectivity index (χ1v) is 9.23. The van der Waals surface area contributed by atoms with Gasteiger partial charge in [-0.25, -0.2) is 9.18 Å². The van der Waals surface area contributed by atoms with Crippen molar-refractivity contribution in [2.24, 2.45) is 0 Å². The number of piperidine rings is 2. The van der Waals surface area contributed by atoms with Gasteiger partial charge in [0, 0.05) is 32.2 Å². The Kier molecular flexibility index (Phi) is 5.91. The van der Waals surface area contributed by atoms with Gasteiger partial charge < -0.3 is 15.3 Å². The number of nitrogens with one attached hydrogen (secondary N) is 1. The van der Waals surface area contributed by atoms with E-state index in [1.54, 1.807) is 19.1 Å². The standard InChI is InChI=1S/C19H28FN3O2/c1-14-11-15(4-5-18(14)20)12-21-19(25)22-9-6-16(7-10-22)23-8-2-3-17(24)13-23/h4-5,11,16-17,24H,2-3,6-10,12-13H2,1H3,(H,21,25)/t17-/m0/s1. The number of carbonyl (C=O) groups excluding carboxylic acids is 1. The normalized spacial score (nSPS) is 22.8. The maximum absolute atomic E-state index is 13.3. The summed E-state index contributed by atoms with van der Waals surface area (Å²) in [7, 11) is 0. The fourth-order valence-corrected chi connectivity index (χ4v) is 3.86. The number of urea groups is 1. The minimum Gasteiger partial charge on any atom is -0.392 e. The number of amides is 2. The van der Waals surface area contributed by atoms with Gasteiger partial charge in [0.25, 0.3) is 0 Å². The number of carbonyl (C=O) groups is 1. The van der Waals surface area contributed by atoms with Crippen LogP contribution in [0.2, 0.25) is 0 Å². The van der Waals surface area contributed by atoms with Gasteiger partial charge in [-0.15, -0.1) is 0 Å². The summed E-state index contributed by atoms with van der Waals surface area (Å²) in [6, 6.07) is 5.33. The van der Waals surface area contributed by atoms with Gasteiger partial charge in [-0.2, -0.15) is 0 Å². The first-order valence-electron chi connectivity index (χ1n) is 9.23. The van der Waals surface area contributed by atoms with Gasteiger partial charge >= 0.3 is 6.03 Å². The monoisotopic (exact) mass is 349 g/mol. The number of aliphatic hydroxyl groups excluding tert-OH is 1.